The van der Waals surface area contributed by atoms with Gasteiger partial charge in [-0.05, 0) is 39.7 Å². The molecule has 4 nitrogen and oxygen atoms in total. The van der Waals surface area contributed by atoms with Crippen molar-refractivity contribution < 1.29 is 14.6 Å². The molecule has 2 rings (SSSR count). The molecule has 0 saturated heterocycles. The molecule has 0 radical (unpaired) electrons. The number of carbonyl (C=O) groups is 1. The second-order valence-electron chi connectivity index (χ2n) is 3.82. The van der Waals surface area contributed by atoms with Crippen LogP contribution in [0.1, 0.15) is 16.1 Å². The highest BCUT2D eigenvalue weighted by atomic mass is 79.9. The summed E-state index contributed by atoms with van der Waals surface area (Å²) in [5.41, 5.74) is 2.01. The molecule has 18 heavy (non-hydrogen) atoms. The summed E-state index contributed by atoms with van der Waals surface area (Å²) >= 11 is 3.29. The third-order valence-corrected chi connectivity index (χ3v) is 2.94. The minimum atomic E-state index is -0.960. The maximum atomic E-state index is 11.2. The Kier molecular flexibility index (Phi) is 3.84. The monoisotopic (exact) mass is 309 g/mol. The summed E-state index contributed by atoms with van der Waals surface area (Å²) in [5.74, 6) is -0.960. The topological polar surface area (TPSA) is 51.5 Å². The maximum absolute atomic E-state index is 11.2. The van der Waals surface area contributed by atoms with Gasteiger partial charge in [0.1, 0.15) is 5.69 Å². The number of carboxylic acids is 1. The number of halogens is 1. The van der Waals surface area contributed by atoms with Crippen LogP contribution in [0, 0.1) is 0 Å². The Bertz CT molecular complexity index is 577. The first-order chi connectivity index (χ1) is 8.61. The van der Waals surface area contributed by atoms with Crippen molar-refractivity contribution in [3.8, 4) is 5.69 Å². The quantitative estimate of drug-likeness (QED) is 0.944. The summed E-state index contributed by atoms with van der Waals surface area (Å²) in [5, 5.41) is 9.15. The first-order valence-corrected chi connectivity index (χ1v) is 6.10. The maximum Gasteiger partial charge on any atom is 0.352 e. The van der Waals surface area contributed by atoms with Gasteiger partial charge in [0.2, 0.25) is 0 Å². The molecule has 1 N–H and O–H groups in total. The molecule has 0 unspecified atom stereocenters. The summed E-state index contributed by atoms with van der Waals surface area (Å²) in [6, 6.07) is 9.15. The predicted octanol–water partition coefficient (Wildman–Crippen LogP) is 3.08. The number of aromatic carboxylic acids is 1. The van der Waals surface area contributed by atoms with E-state index >= 15 is 0 Å². The van der Waals surface area contributed by atoms with Crippen molar-refractivity contribution in [1.29, 1.82) is 0 Å². The Morgan fingerprint density at radius 3 is 2.89 bits per heavy atom. The fourth-order valence-corrected chi connectivity index (χ4v) is 2.19. The number of benzene rings is 1. The van der Waals surface area contributed by atoms with Gasteiger partial charge in [-0.3, -0.25) is 0 Å². The zero-order valence-corrected chi connectivity index (χ0v) is 11.3. The van der Waals surface area contributed by atoms with Crippen LogP contribution in [0.2, 0.25) is 0 Å². The molecule has 1 aromatic carbocycles. The molecule has 1 heterocycles. The van der Waals surface area contributed by atoms with E-state index in [1.165, 1.54) is 0 Å². The van der Waals surface area contributed by atoms with Crippen molar-refractivity contribution in [3.63, 3.8) is 0 Å². The summed E-state index contributed by atoms with van der Waals surface area (Å²) in [7, 11) is 1.63. The number of hydrogen-bond acceptors (Lipinski definition) is 2. The van der Waals surface area contributed by atoms with E-state index in [4.69, 9.17) is 9.84 Å². The highest BCUT2D eigenvalue weighted by Gasteiger charge is 2.12. The number of methoxy groups -OCH3 is 1. The Labute approximate surface area is 113 Å². The number of rotatable bonds is 4. The lowest BCUT2D eigenvalue weighted by Gasteiger charge is -2.08. The molecule has 5 heteroatoms. The van der Waals surface area contributed by atoms with E-state index in [-0.39, 0.29) is 5.69 Å². The van der Waals surface area contributed by atoms with Crippen LogP contribution in [0.4, 0.5) is 0 Å². The fourth-order valence-electron chi connectivity index (χ4n) is 1.77. The van der Waals surface area contributed by atoms with Crippen molar-refractivity contribution in [2.45, 2.75) is 6.61 Å². The first-order valence-electron chi connectivity index (χ1n) is 5.31. The van der Waals surface area contributed by atoms with Crippen LogP contribution in [0.25, 0.3) is 5.69 Å². The fraction of sp³-hybridized carbons (Fsp3) is 0.154. The number of hydrogen-bond donors (Lipinski definition) is 1. The van der Waals surface area contributed by atoms with Crippen LogP contribution in [-0.4, -0.2) is 22.8 Å². The molecule has 0 fully saturated rings. The Morgan fingerprint density at radius 1 is 1.44 bits per heavy atom. The molecule has 0 atom stereocenters. The van der Waals surface area contributed by atoms with Crippen LogP contribution < -0.4 is 0 Å². The van der Waals surface area contributed by atoms with E-state index in [2.05, 4.69) is 15.9 Å². The molecule has 0 saturated carbocycles. The molecule has 0 aliphatic carbocycles. The summed E-state index contributed by atoms with van der Waals surface area (Å²) in [6.07, 6.45) is 1.73. The number of nitrogens with zero attached hydrogens (tertiary/aromatic N) is 1. The number of aromatic nitrogens is 1. The lowest BCUT2D eigenvalue weighted by molar-refractivity contribution is 0.0688. The summed E-state index contributed by atoms with van der Waals surface area (Å²) in [4.78, 5) is 11.2. The molecular formula is C13H12BrNO3. The van der Waals surface area contributed by atoms with Gasteiger partial charge in [-0.15, -0.1) is 0 Å². The molecule has 94 valence electrons. The highest BCUT2D eigenvalue weighted by Crippen LogP contribution is 2.21. The van der Waals surface area contributed by atoms with Gasteiger partial charge in [0.15, 0.2) is 0 Å². The predicted molar refractivity (Wildman–Crippen MR) is 71.1 cm³/mol. The molecule has 0 aliphatic heterocycles. The van der Waals surface area contributed by atoms with E-state index < -0.39 is 5.97 Å². The lowest BCUT2D eigenvalue weighted by atomic mass is 10.2. The smallest absolute Gasteiger partial charge is 0.352 e. The normalized spacial score (nSPS) is 10.6. The molecule has 0 spiro atoms. The Hall–Kier alpha value is -1.59. The van der Waals surface area contributed by atoms with Gasteiger partial charge in [0, 0.05) is 23.5 Å². The van der Waals surface area contributed by atoms with Gasteiger partial charge in [-0.2, -0.15) is 0 Å². The minimum Gasteiger partial charge on any atom is -0.477 e. The number of carboxylic acid groups (broad SMARTS) is 1. The van der Waals surface area contributed by atoms with Gasteiger partial charge < -0.3 is 14.4 Å². The zero-order valence-electron chi connectivity index (χ0n) is 9.76. The third-order valence-electron chi connectivity index (χ3n) is 2.51. The van der Waals surface area contributed by atoms with Crippen molar-refractivity contribution in [2.75, 3.05) is 7.11 Å². The molecule has 1 aromatic heterocycles. The van der Waals surface area contributed by atoms with Crippen LogP contribution in [0.5, 0.6) is 0 Å². The largest absolute Gasteiger partial charge is 0.477 e. The van der Waals surface area contributed by atoms with Gasteiger partial charge >= 0.3 is 5.97 Å². The van der Waals surface area contributed by atoms with E-state index in [0.717, 1.165) is 15.7 Å². The van der Waals surface area contributed by atoms with Gasteiger partial charge in [0.25, 0.3) is 0 Å². The van der Waals surface area contributed by atoms with Crippen LogP contribution in [0.3, 0.4) is 0 Å². The van der Waals surface area contributed by atoms with Crippen molar-refractivity contribution in [2.24, 2.45) is 0 Å². The van der Waals surface area contributed by atoms with E-state index in [9.17, 15) is 4.79 Å². The molecule has 0 aliphatic rings. The average Bonchev–Trinajstić information content (AvgIpc) is 2.72. The number of ether oxygens (including phenoxy) is 1. The van der Waals surface area contributed by atoms with Crippen molar-refractivity contribution in [3.05, 3.63) is 52.3 Å². The van der Waals surface area contributed by atoms with Crippen LogP contribution in [-0.2, 0) is 11.3 Å². The van der Waals surface area contributed by atoms with Crippen molar-refractivity contribution >= 4 is 21.9 Å². The van der Waals surface area contributed by atoms with Gasteiger partial charge in [-0.1, -0.05) is 12.1 Å². The summed E-state index contributed by atoms with van der Waals surface area (Å²) in [6.45, 7) is 0.499. The minimum absolute atomic E-state index is 0.219. The zero-order chi connectivity index (χ0) is 13.1. The molecule has 0 amide bonds. The van der Waals surface area contributed by atoms with Crippen molar-refractivity contribution in [1.82, 2.24) is 4.57 Å². The average molecular weight is 310 g/mol. The van der Waals surface area contributed by atoms with Crippen LogP contribution >= 0.6 is 15.9 Å². The molecule has 2 aromatic rings. The SMILES string of the molecule is COCc1cccc(-n2cc(Br)cc2C(=O)O)c1. The third kappa shape index (κ3) is 2.63. The van der Waals surface area contributed by atoms with Crippen LogP contribution in [0.15, 0.2) is 41.0 Å². The van der Waals surface area contributed by atoms with Gasteiger partial charge in [0.05, 0.1) is 6.61 Å². The standard InChI is InChI=1S/C13H12BrNO3/c1-18-8-9-3-2-4-11(5-9)15-7-10(14)6-12(15)13(16)17/h2-7H,8H2,1H3,(H,16,17). The second kappa shape index (κ2) is 5.37. The Balaban J connectivity index is 2.47. The van der Waals surface area contributed by atoms with Gasteiger partial charge in [-0.25, -0.2) is 4.79 Å². The highest BCUT2D eigenvalue weighted by molar-refractivity contribution is 9.10. The summed E-state index contributed by atoms with van der Waals surface area (Å²) < 4.78 is 7.43. The van der Waals surface area contributed by atoms with E-state index in [1.54, 1.807) is 23.9 Å². The second-order valence-corrected chi connectivity index (χ2v) is 4.74. The van der Waals surface area contributed by atoms with E-state index in [1.807, 2.05) is 24.3 Å². The van der Waals surface area contributed by atoms with E-state index in [0.29, 0.717) is 6.61 Å². The first kappa shape index (κ1) is 12.9. The molecular weight excluding hydrogens is 298 g/mol. The molecule has 0 bridgehead atoms. The lowest BCUT2D eigenvalue weighted by Crippen LogP contribution is -2.05. The Morgan fingerprint density at radius 2 is 2.22 bits per heavy atom.